The molecule has 94 valence electrons. The second kappa shape index (κ2) is 5.80. The normalized spacial score (nSPS) is 10.5. The summed E-state index contributed by atoms with van der Waals surface area (Å²) in [7, 11) is 0. The monoisotopic (exact) mass is 259 g/mol. The maximum absolute atomic E-state index is 7.55. The maximum Gasteiger partial charge on any atom is 0.133 e. The number of aryl methyl sites for hydroxylation is 1. The van der Waals surface area contributed by atoms with E-state index >= 15 is 0 Å². The molecule has 0 aliphatic carbocycles. The Labute approximate surface area is 111 Å². The smallest absolute Gasteiger partial charge is 0.133 e. The van der Waals surface area contributed by atoms with E-state index in [9.17, 15) is 0 Å². The average molecular weight is 259 g/mol. The molecule has 0 aliphatic heterocycles. The second-order valence-corrected chi connectivity index (χ2v) is 5.26. The minimum absolute atomic E-state index is 0.135. The van der Waals surface area contributed by atoms with Crippen LogP contribution >= 0.6 is 11.3 Å². The van der Waals surface area contributed by atoms with Gasteiger partial charge in [-0.1, -0.05) is 30.3 Å². The van der Waals surface area contributed by atoms with Gasteiger partial charge in [-0.15, -0.1) is 11.3 Å². The van der Waals surface area contributed by atoms with Crippen LogP contribution in [0.1, 0.15) is 16.2 Å². The Balaban J connectivity index is 2.40. The molecule has 0 bridgehead atoms. The summed E-state index contributed by atoms with van der Waals surface area (Å²) < 4.78 is 0. The standard InChI is InChI=1S/C14H17N3S/c15-8-4-7-12-11(9-13(18-12)14(16)17)10-5-2-1-3-6-10/h1-3,5-6,9H,4,7-8,15H2,(H3,16,17). The summed E-state index contributed by atoms with van der Waals surface area (Å²) in [5.74, 6) is 0.135. The highest BCUT2D eigenvalue weighted by molar-refractivity contribution is 7.14. The average Bonchev–Trinajstić information content (AvgIpc) is 2.81. The van der Waals surface area contributed by atoms with Crippen molar-refractivity contribution in [2.24, 2.45) is 11.5 Å². The van der Waals surface area contributed by atoms with Crippen molar-refractivity contribution >= 4 is 17.2 Å². The lowest BCUT2D eigenvalue weighted by Gasteiger charge is -2.02. The quantitative estimate of drug-likeness (QED) is 0.570. The molecule has 4 heteroatoms. The Kier molecular flexibility index (Phi) is 4.12. The Bertz CT molecular complexity index is 531. The van der Waals surface area contributed by atoms with Gasteiger partial charge in [-0.05, 0) is 36.6 Å². The van der Waals surface area contributed by atoms with Crippen LogP contribution in [0.2, 0.25) is 0 Å². The van der Waals surface area contributed by atoms with E-state index in [-0.39, 0.29) is 5.84 Å². The first-order chi connectivity index (χ1) is 8.72. The van der Waals surface area contributed by atoms with Crippen molar-refractivity contribution in [3.63, 3.8) is 0 Å². The van der Waals surface area contributed by atoms with Gasteiger partial charge in [-0.25, -0.2) is 0 Å². The number of nitrogen functional groups attached to an aromatic ring is 1. The highest BCUT2D eigenvalue weighted by Crippen LogP contribution is 2.32. The molecular weight excluding hydrogens is 242 g/mol. The van der Waals surface area contributed by atoms with Crippen LogP contribution in [0, 0.1) is 5.41 Å². The Hall–Kier alpha value is -1.65. The fraction of sp³-hybridized carbons (Fsp3) is 0.214. The van der Waals surface area contributed by atoms with Crippen LogP contribution < -0.4 is 11.5 Å². The van der Waals surface area contributed by atoms with Crippen molar-refractivity contribution in [1.82, 2.24) is 0 Å². The van der Waals surface area contributed by atoms with Crippen LogP contribution in [-0.4, -0.2) is 12.4 Å². The van der Waals surface area contributed by atoms with Gasteiger partial charge in [0.1, 0.15) is 5.84 Å². The van der Waals surface area contributed by atoms with Crippen molar-refractivity contribution in [3.05, 3.63) is 46.2 Å². The van der Waals surface area contributed by atoms with Gasteiger partial charge < -0.3 is 11.5 Å². The molecule has 0 amide bonds. The number of rotatable bonds is 5. The molecule has 2 rings (SSSR count). The van der Waals surface area contributed by atoms with E-state index in [4.69, 9.17) is 16.9 Å². The molecule has 0 radical (unpaired) electrons. The Morgan fingerprint density at radius 3 is 2.56 bits per heavy atom. The number of hydrogen-bond acceptors (Lipinski definition) is 3. The largest absolute Gasteiger partial charge is 0.383 e. The molecule has 0 atom stereocenters. The maximum atomic E-state index is 7.55. The molecule has 0 saturated heterocycles. The zero-order chi connectivity index (χ0) is 13.0. The fourth-order valence-electron chi connectivity index (χ4n) is 1.87. The summed E-state index contributed by atoms with van der Waals surface area (Å²) >= 11 is 1.60. The summed E-state index contributed by atoms with van der Waals surface area (Å²) in [6.07, 6.45) is 1.90. The van der Waals surface area contributed by atoms with Crippen molar-refractivity contribution < 1.29 is 0 Å². The highest BCUT2D eigenvalue weighted by atomic mass is 32.1. The van der Waals surface area contributed by atoms with Gasteiger partial charge in [-0.2, -0.15) is 0 Å². The molecular formula is C14H17N3S. The van der Waals surface area contributed by atoms with Gasteiger partial charge in [0, 0.05) is 4.88 Å². The van der Waals surface area contributed by atoms with Gasteiger partial charge >= 0.3 is 0 Å². The minimum atomic E-state index is 0.135. The fourth-order valence-corrected chi connectivity index (χ4v) is 2.96. The molecule has 0 aliphatic rings. The summed E-state index contributed by atoms with van der Waals surface area (Å²) in [5.41, 5.74) is 13.5. The number of nitrogens with two attached hydrogens (primary N) is 2. The van der Waals surface area contributed by atoms with E-state index < -0.39 is 0 Å². The number of amidine groups is 1. The lowest BCUT2D eigenvalue weighted by molar-refractivity contribution is 0.844. The van der Waals surface area contributed by atoms with Crippen molar-refractivity contribution in [2.75, 3.05) is 6.54 Å². The van der Waals surface area contributed by atoms with Gasteiger partial charge in [0.25, 0.3) is 0 Å². The van der Waals surface area contributed by atoms with Gasteiger partial charge in [0.05, 0.1) is 4.88 Å². The lowest BCUT2D eigenvalue weighted by Crippen LogP contribution is -2.08. The molecule has 2 aromatic rings. The topological polar surface area (TPSA) is 75.9 Å². The van der Waals surface area contributed by atoms with Gasteiger partial charge in [-0.3, -0.25) is 5.41 Å². The summed E-state index contributed by atoms with van der Waals surface area (Å²) in [4.78, 5) is 2.10. The Morgan fingerprint density at radius 2 is 1.94 bits per heavy atom. The number of benzene rings is 1. The molecule has 3 nitrogen and oxygen atoms in total. The van der Waals surface area contributed by atoms with Crippen LogP contribution in [0.25, 0.3) is 11.1 Å². The molecule has 0 saturated carbocycles. The number of nitrogens with one attached hydrogen (secondary N) is 1. The van der Waals surface area contributed by atoms with Crippen LogP contribution in [0.3, 0.4) is 0 Å². The first-order valence-electron chi connectivity index (χ1n) is 5.95. The molecule has 0 unspecified atom stereocenters. The van der Waals surface area contributed by atoms with Crippen molar-refractivity contribution in [3.8, 4) is 11.1 Å². The van der Waals surface area contributed by atoms with E-state index in [1.165, 1.54) is 16.0 Å². The molecule has 5 N–H and O–H groups in total. The molecule has 0 spiro atoms. The van der Waals surface area contributed by atoms with Gasteiger partial charge in [0.2, 0.25) is 0 Å². The highest BCUT2D eigenvalue weighted by Gasteiger charge is 2.11. The van der Waals surface area contributed by atoms with Gasteiger partial charge in [0.15, 0.2) is 0 Å². The second-order valence-electron chi connectivity index (χ2n) is 4.12. The predicted octanol–water partition coefficient (Wildman–Crippen LogP) is 2.59. The van der Waals surface area contributed by atoms with E-state index in [0.717, 1.165) is 17.7 Å². The zero-order valence-electron chi connectivity index (χ0n) is 10.1. The van der Waals surface area contributed by atoms with E-state index in [1.54, 1.807) is 11.3 Å². The third-order valence-electron chi connectivity index (χ3n) is 2.77. The molecule has 0 fully saturated rings. The third-order valence-corrected chi connectivity index (χ3v) is 4.00. The molecule has 18 heavy (non-hydrogen) atoms. The van der Waals surface area contributed by atoms with Crippen LogP contribution in [0.15, 0.2) is 36.4 Å². The first kappa shape index (κ1) is 12.8. The minimum Gasteiger partial charge on any atom is -0.383 e. The summed E-state index contributed by atoms with van der Waals surface area (Å²) in [6.45, 7) is 0.682. The predicted molar refractivity (Wildman–Crippen MR) is 78.1 cm³/mol. The van der Waals surface area contributed by atoms with E-state index in [1.807, 2.05) is 24.3 Å². The van der Waals surface area contributed by atoms with E-state index in [0.29, 0.717) is 6.54 Å². The lowest BCUT2D eigenvalue weighted by atomic mass is 10.0. The third kappa shape index (κ3) is 2.78. The van der Waals surface area contributed by atoms with Crippen molar-refractivity contribution in [2.45, 2.75) is 12.8 Å². The number of hydrogen-bond donors (Lipinski definition) is 3. The zero-order valence-corrected chi connectivity index (χ0v) is 11.0. The van der Waals surface area contributed by atoms with Crippen LogP contribution in [0.4, 0.5) is 0 Å². The molecule has 1 aromatic carbocycles. The van der Waals surface area contributed by atoms with Crippen LogP contribution in [0.5, 0.6) is 0 Å². The van der Waals surface area contributed by atoms with Crippen LogP contribution in [-0.2, 0) is 6.42 Å². The molecule has 1 aromatic heterocycles. The SMILES string of the molecule is N=C(N)c1cc(-c2ccccc2)c(CCCN)s1. The summed E-state index contributed by atoms with van der Waals surface area (Å²) in [6, 6.07) is 12.2. The number of thiophene rings is 1. The van der Waals surface area contributed by atoms with Crippen molar-refractivity contribution in [1.29, 1.82) is 5.41 Å². The summed E-state index contributed by atoms with van der Waals surface area (Å²) in [5, 5.41) is 7.55. The first-order valence-corrected chi connectivity index (χ1v) is 6.76. The Morgan fingerprint density at radius 1 is 1.22 bits per heavy atom. The van der Waals surface area contributed by atoms with E-state index in [2.05, 4.69) is 12.1 Å². The molecule has 1 heterocycles.